The molecule has 4 aromatic heterocycles. The Morgan fingerprint density at radius 2 is 1.78 bits per heavy atom. The molecule has 5 nitrogen and oxygen atoms in total. The highest BCUT2D eigenvalue weighted by atomic mass is 16.1. The number of nitrogens with zero attached hydrogens (tertiary/aromatic N) is 4. The Balaban J connectivity index is 1.87. The third kappa shape index (κ3) is 2.28. The van der Waals surface area contributed by atoms with E-state index in [1.54, 1.807) is 47.5 Å². The first kappa shape index (κ1) is 13.3. The molecule has 0 unspecified atom stereocenters. The summed E-state index contributed by atoms with van der Waals surface area (Å²) < 4.78 is 1.77. The molecule has 0 saturated carbocycles. The molecule has 4 heterocycles. The molecule has 0 atom stereocenters. The Morgan fingerprint density at radius 3 is 2.57 bits per heavy atom. The van der Waals surface area contributed by atoms with Crippen LogP contribution in [0.25, 0.3) is 16.8 Å². The summed E-state index contributed by atoms with van der Waals surface area (Å²) in [6, 6.07) is 14.9. The first-order chi connectivity index (χ1) is 11.3. The van der Waals surface area contributed by atoms with Crippen LogP contribution < -0.4 is 0 Å². The van der Waals surface area contributed by atoms with E-state index in [4.69, 9.17) is 0 Å². The average molecular weight is 300 g/mol. The molecule has 110 valence electrons. The summed E-state index contributed by atoms with van der Waals surface area (Å²) in [5.74, 6) is -0.132. The zero-order valence-electron chi connectivity index (χ0n) is 12.1. The van der Waals surface area contributed by atoms with Gasteiger partial charge in [0.1, 0.15) is 5.69 Å². The molecule has 0 bridgehead atoms. The van der Waals surface area contributed by atoms with Gasteiger partial charge < -0.3 is 0 Å². The van der Waals surface area contributed by atoms with E-state index >= 15 is 0 Å². The van der Waals surface area contributed by atoms with Crippen LogP contribution in [-0.4, -0.2) is 25.4 Å². The molecule has 0 radical (unpaired) electrons. The number of rotatable bonds is 3. The highest BCUT2D eigenvalue weighted by molar-refractivity contribution is 6.12. The highest BCUT2D eigenvalue weighted by Gasteiger charge is 2.17. The molecule has 0 aliphatic rings. The Hall–Kier alpha value is -3.34. The summed E-state index contributed by atoms with van der Waals surface area (Å²) in [5, 5.41) is 4.39. The number of aromatic nitrogens is 4. The van der Waals surface area contributed by atoms with E-state index in [9.17, 15) is 4.79 Å². The van der Waals surface area contributed by atoms with Crippen LogP contribution in [0.3, 0.4) is 0 Å². The molecule has 23 heavy (non-hydrogen) atoms. The molecule has 0 spiro atoms. The van der Waals surface area contributed by atoms with Crippen molar-refractivity contribution in [1.29, 1.82) is 0 Å². The molecule has 0 N–H and O–H groups in total. The zero-order valence-corrected chi connectivity index (χ0v) is 12.1. The van der Waals surface area contributed by atoms with Crippen LogP contribution in [0, 0.1) is 0 Å². The van der Waals surface area contributed by atoms with Crippen LogP contribution in [-0.2, 0) is 0 Å². The van der Waals surface area contributed by atoms with E-state index in [2.05, 4.69) is 15.1 Å². The van der Waals surface area contributed by atoms with Crippen LogP contribution in [0.4, 0.5) is 0 Å². The lowest BCUT2D eigenvalue weighted by Crippen LogP contribution is -2.03. The van der Waals surface area contributed by atoms with Gasteiger partial charge in [0.2, 0.25) is 5.78 Å². The van der Waals surface area contributed by atoms with Crippen molar-refractivity contribution in [2.45, 2.75) is 0 Å². The quantitative estimate of drug-likeness (QED) is 0.546. The SMILES string of the molecule is O=C(c1ccccn1)c1cnn2c(-c3ccncc3)cccc12. The highest BCUT2D eigenvalue weighted by Crippen LogP contribution is 2.22. The smallest absolute Gasteiger partial charge is 0.215 e. The van der Waals surface area contributed by atoms with Crippen LogP contribution in [0.5, 0.6) is 0 Å². The normalized spacial score (nSPS) is 10.8. The minimum absolute atomic E-state index is 0.132. The second kappa shape index (κ2) is 5.46. The lowest BCUT2D eigenvalue weighted by Gasteiger charge is -2.05. The molecule has 4 aromatic rings. The third-order valence-electron chi connectivity index (χ3n) is 3.66. The Kier molecular flexibility index (Phi) is 3.16. The number of hydrogen-bond acceptors (Lipinski definition) is 4. The molecular formula is C18H12N4O. The molecule has 0 amide bonds. The second-order valence-electron chi connectivity index (χ2n) is 5.05. The van der Waals surface area contributed by atoms with Crippen LogP contribution in [0.2, 0.25) is 0 Å². The van der Waals surface area contributed by atoms with Gasteiger partial charge in [-0.1, -0.05) is 12.1 Å². The van der Waals surface area contributed by atoms with Crippen molar-refractivity contribution in [1.82, 2.24) is 19.6 Å². The number of carbonyl (C=O) groups is 1. The van der Waals surface area contributed by atoms with Crippen LogP contribution >= 0.6 is 0 Å². The summed E-state index contributed by atoms with van der Waals surface area (Å²) >= 11 is 0. The Labute approximate surface area is 132 Å². The number of pyridine rings is 3. The van der Waals surface area contributed by atoms with Gasteiger partial charge in [-0.05, 0) is 36.4 Å². The van der Waals surface area contributed by atoms with Gasteiger partial charge in [-0.25, -0.2) is 4.52 Å². The predicted octanol–water partition coefficient (Wildman–Crippen LogP) is 3.02. The number of fused-ring (bicyclic) bond motifs is 1. The summed E-state index contributed by atoms with van der Waals surface area (Å²) in [6.45, 7) is 0. The van der Waals surface area contributed by atoms with Gasteiger partial charge in [0.25, 0.3) is 0 Å². The molecule has 0 saturated heterocycles. The minimum Gasteiger partial charge on any atom is -0.287 e. The summed E-state index contributed by atoms with van der Waals surface area (Å²) in [6.07, 6.45) is 6.67. The fourth-order valence-corrected chi connectivity index (χ4v) is 2.56. The molecule has 5 heteroatoms. The van der Waals surface area contributed by atoms with E-state index < -0.39 is 0 Å². The molecule has 0 aromatic carbocycles. The van der Waals surface area contributed by atoms with Crippen molar-refractivity contribution in [2.75, 3.05) is 0 Å². The maximum Gasteiger partial charge on any atom is 0.215 e. The molecule has 0 aliphatic heterocycles. The zero-order chi connectivity index (χ0) is 15.6. The fraction of sp³-hybridized carbons (Fsp3) is 0. The maximum atomic E-state index is 12.6. The fourth-order valence-electron chi connectivity index (χ4n) is 2.56. The van der Waals surface area contributed by atoms with Gasteiger partial charge in [-0.3, -0.25) is 14.8 Å². The van der Waals surface area contributed by atoms with E-state index in [-0.39, 0.29) is 5.78 Å². The van der Waals surface area contributed by atoms with E-state index in [0.29, 0.717) is 11.3 Å². The van der Waals surface area contributed by atoms with Crippen molar-refractivity contribution in [2.24, 2.45) is 0 Å². The topological polar surface area (TPSA) is 60.2 Å². The monoisotopic (exact) mass is 300 g/mol. The number of hydrogen-bond donors (Lipinski definition) is 0. The number of carbonyl (C=O) groups excluding carboxylic acids is 1. The van der Waals surface area contributed by atoms with Crippen molar-refractivity contribution in [3.8, 4) is 11.3 Å². The molecule has 4 rings (SSSR count). The van der Waals surface area contributed by atoms with Gasteiger partial charge >= 0.3 is 0 Å². The van der Waals surface area contributed by atoms with E-state index in [1.165, 1.54) is 0 Å². The molecule has 0 fully saturated rings. The first-order valence-corrected chi connectivity index (χ1v) is 7.17. The van der Waals surface area contributed by atoms with E-state index in [1.807, 2.05) is 30.3 Å². The van der Waals surface area contributed by atoms with Gasteiger partial charge in [-0.15, -0.1) is 0 Å². The second-order valence-corrected chi connectivity index (χ2v) is 5.05. The largest absolute Gasteiger partial charge is 0.287 e. The summed E-state index contributed by atoms with van der Waals surface area (Å²) in [7, 11) is 0. The van der Waals surface area contributed by atoms with E-state index in [0.717, 1.165) is 16.8 Å². The first-order valence-electron chi connectivity index (χ1n) is 7.17. The van der Waals surface area contributed by atoms with Gasteiger partial charge in [0.15, 0.2) is 0 Å². The van der Waals surface area contributed by atoms with Gasteiger partial charge in [0, 0.05) is 24.2 Å². The maximum absolute atomic E-state index is 12.6. The summed E-state index contributed by atoms with van der Waals surface area (Å²) in [5.41, 5.74) is 3.61. The van der Waals surface area contributed by atoms with Crippen molar-refractivity contribution in [3.05, 3.63) is 84.6 Å². The lowest BCUT2D eigenvalue weighted by atomic mass is 10.1. The average Bonchev–Trinajstić information content (AvgIpc) is 3.06. The Morgan fingerprint density at radius 1 is 0.913 bits per heavy atom. The van der Waals surface area contributed by atoms with Crippen molar-refractivity contribution >= 4 is 11.3 Å². The third-order valence-corrected chi connectivity index (χ3v) is 3.66. The van der Waals surface area contributed by atoms with Crippen molar-refractivity contribution in [3.63, 3.8) is 0 Å². The molecule has 0 aliphatic carbocycles. The van der Waals surface area contributed by atoms with Crippen LogP contribution in [0.15, 0.2) is 73.3 Å². The van der Waals surface area contributed by atoms with Crippen molar-refractivity contribution < 1.29 is 4.79 Å². The molecular weight excluding hydrogens is 288 g/mol. The Bertz CT molecular complexity index is 978. The van der Waals surface area contributed by atoms with Gasteiger partial charge in [0.05, 0.1) is 23.0 Å². The predicted molar refractivity (Wildman–Crippen MR) is 86.1 cm³/mol. The standard InChI is InChI=1S/C18H12N4O/c23-18(15-4-1-2-9-20-15)14-12-21-22-16(5-3-6-17(14)22)13-7-10-19-11-8-13/h1-12H. The lowest BCUT2D eigenvalue weighted by molar-refractivity contribution is 0.103. The number of ketones is 1. The minimum atomic E-state index is -0.132. The summed E-state index contributed by atoms with van der Waals surface area (Å²) in [4.78, 5) is 20.8. The van der Waals surface area contributed by atoms with Crippen LogP contribution in [0.1, 0.15) is 16.1 Å². The van der Waals surface area contributed by atoms with Gasteiger partial charge in [-0.2, -0.15) is 5.10 Å².